The predicted octanol–water partition coefficient (Wildman–Crippen LogP) is 10.9. The fourth-order valence-corrected chi connectivity index (χ4v) is 4.62. The van der Waals surface area contributed by atoms with Crippen molar-refractivity contribution in [3.8, 4) is 33.4 Å². The highest BCUT2D eigenvalue weighted by Gasteiger charge is 2.19. The summed E-state index contributed by atoms with van der Waals surface area (Å²) in [6.07, 6.45) is 0. The van der Waals surface area contributed by atoms with E-state index in [0.717, 1.165) is 0 Å². The van der Waals surface area contributed by atoms with E-state index < -0.39 is 222 Å². The van der Waals surface area contributed by atoms with Crippen molar-refractivity contribution in [2.75, 3.05) is 0 Å². The van der Waals surface area contributed by atoms with E-state index >= 15 is 0 Å². The second-order valence-electron chi connectivity index (χ2n) is 8.26. The minimum absolute atomic E-state index is 0.409. The van der Waals surface area contributed by atoms with Gasteiger partial charge in [-0.2, -0.15) is 0 Å². The summed E-state index contributed by atoms with van der Waals surface area (Å²) >= 11 is 0. The smallest absolute Gasteiger partial charge is 0.135 e. The van der Waals surface area contributed by atoms with Crippen LogP contribution in [0.5, 0.6) is 0 Å². The second-order valence-corrected chi connectivity index (χ2v) is 8.26. The molecule has 0 saturated carbocycles. The molecule has 1 aromatic heterocycles. The summed E-state index contributed by atoms with van der Waals surface area (Å²) in [5.41, 5.74) is -5.57. The Morgan fingerprint density at radius 1 is 0.359 bits per heavy atom. The maximum Gasteiger partial charge on any atom is 0.135 e. The molecule has 0 saturated heterocycles. The van der Waals surface area contributed by atoms with Crippen LogP contribution in [0.25, 0.3) is 76.9 Å². The first kappa shape index (κ1) is 8.69. The molecule has 0 fully saturated rings. The molecule has 39 heavy (non-hydrogen) atoms. The van der Waals surface area contributed by atoms with E-state index in [9.17, 15) is 9.60 Å². The molecule has 1 nitrogen and oxygen atoms in total. The Bertz CT molecular complexity index is 3390. The Morgan fingerprint density at radius 3 is 1.56 bits per heavy atom. The largest absolute Gasteiger partial charge is 0.456 e. The van der Waals surface area contributed by atoms with Crippen molar-refractivity contribution in [2.45, 2.75) is 0 Å². The van der Waals surface area contributed by atoms with Crippen molar-refractivity contribution >= 4 is 43.5 Å². The predicted molar refractivity (Wildman–Crippen MR) is 165 cm³/mol. The van der Waals surface area contributed by atoms with Crippen molar-refractivity contribution in [2.24, 2.45) is 0 Å². The summed E-state index contributed by atoms with van der Waals surface area (Å²) < 4.78 is 218. The first-order chi connectivity index (χ1) is 29.3. The van der Waals surface area contributed by atoms with Gasteiger partial charge in [0.1, 0.15) is 11.2 Å². The van der Waals surface area contributed by atoms with E-state index in [1.807, 2.05) is 0 Å². The van der Waals surface area contributed by atoms with Crippen LogP contribution in [0.15, 0.2) is 149 Å². The fourth-order valence-electron chi connectivity index (χ4n) is 4.62. The summed E-state index contributed by atoms with van der Waals surface area (Å²) in [6, 6.07) is -21.9. The van der Waals surface area contributed by atoms with Crippen LogP contribution in [-0.2, 0) is 0 Å². The molecule has 0 unspecified atom stereocenters. The Balaban J connectivity index is 1.78. The van der Waals surface area contributed by atoms with E-state index in [0.29, 0.717) is 0 Å². The number of furan rings is 1. The van der Waals surface area contributed by atoms with Gasteiger partial charge in [-0.3, -0.25) is 0 Å². The Hall–Kier alpha value is -5.14. The number of hydrogen-bond acceptors (Lipinski definition) is 1. The molecule has 8 aromatic rings. The Labute approximate surface area is 260 Å². The van der Waals surface area contributed by atoms with Crippen LogP contribution in [0.2, 0.25) is 0 Å². The minimum atomic E-state index is -1.02. The van der Waals surface area contributed by atoms with Crippen LogP contribution in [0.3, 0.4) is 0 Å². The first-order valence-electron chi connectivity index (χ1n) is 23.4. The molecule has 8 rings (SSSR count). The van der Waals surface area contributed by atoms with E-state index in [2.05, 4.69) is 0 Å². The van der Waals surface area contributed by atoms with Crippen molar-refractivity contribution in [1.29, 1.82) is 0 Å². The maximum atomic E-state index is 9.59. The molecule has 0 amide bonds. The van der Waals surface area contributed by atoms with E-state index in [4.69, 9.17) is 27.7 Å². The van der Waals surface area contributed by atoms with Crippen LogP contribution >= 0.6 is 0 Å². The zero-order chi connectivity index (χ0) is 46.6. The molecular weight excluding hydrogens is 472 g/mol. The van der Waals surface area contributed by atoms with Gasteiger partial charge in [-0.1, -0.05) is 127 Å². The number of rotatable bonds is 3. The number of hydrogen-bond donors (Lipinski definition) is 0. The van der Waals surface area contributed by atoms with Crippen molar-refractivity contribution < 1.29 is 37.3 Å². The van der Waals surface area contributed by atoms with Crippen LogP contribution in [0.1, 0.15) is 32.9 Å². The van der Waals surface area contributed by atoms with E-state index in [-0.39, 0.29) is 0 Å². The lowest BCUT2D eigenvalue weighted by atomic mass is 9.83. The molecule has 0 bridgehead atoms. The highest BCUT2D eigenvalue weighted by atomic mass is 16.3. The maximum absolute atomic E-state index is 9.59. The molecule has 1 heteroatoms. The van der Waals surface area contributed by atoms with Crippen LogP contribution in [-0.4, -0.2) is 0 Å². The summed E-state index contributed by atoms with van der Waals surface area (Å²) in [6.45, 7) is 0. The summed E-state index contributed by atoms with van der Waals surface area (Å²) in [7, 11) is 0. The van der Waals surface area contributed by atoms with Gasteiger partial charge >= 0.3 is 0 Å². The van der Waals surface area contributed by atoms with Gasteiger partial charge in [-0.05, 0) is 73.1 Å². The average Bonchev–Trinajstić information content (AvgIpc) is 3.67. The van der Waals surface area contributed by atoms with Gasteiger partial charge in [0, 0.05) is 10.8 Å². The lowest BCUT2D eigenvalue weighted by Gasteiger charge is -2.19. The lowest BCUT2D eigenvalue weighted by molar-refractivity contribution is 0.669. The zero-order valence-electron chi connectivity index (χ0n) is 43.4. The van der Waals surface area contributed by atoms with Gasteiger partial charge in [0.25, 0.3) is 0 Å². The Morgan fingerprint density at radius 2 is 0.872 bits per heavy atom. The lowest BCUT2D eigenvalue weighted by Crippen LogP contribution is -1.92. The van der Waals surface area contributed by atoms with Gasteiger partial charge in [-0.25, -0.2) is 0 Å². The van der Waals surface area contributed by atoms with E-state index in [1.165, 1.54) is 0 Å². The molecule has 0 N–H and O–H groups in total. The standard InChI is InChI=1S/C38H24O/c1-2-12-25(13-3-1)27-14-4-5-16-29(27)38-32-19-8-6-17-30(32)37(31-18-7-9-20-33(31)38)26-22-23-36-34(24-26)28-15-10-11-21-35(28)39-36/h1-24H/i1D,2D,3D,4D,5D,6D,7D,8D,9D,10D,11D,12D,13D,14D,15D,16D,17D,18D,19D,20D,21D,22D,23D,24D. The SMILES string of the molecule is [2H]c1c([2H])c([2H])c(-c2c([2H])c([2H])c([2H])c([2H])c2-c2c3c([2H])c([2H])c([2H])c([2H])c3c(-c3c([2H])c([2H])c4oc5c([2H])c([2H])c([2H])c([2H])c5c4c3[2H])c3c([2H])c([2H])c([2H])c([2H])c23)c([2H])c1[2H]. The third kappa shape index (κ3) is 3.41. The number of benzene rings is 7. The molecule has 0 spiro atoms. The fraction of sp³-hybridized carbons (Fsp3) is 0. The van der Waals surface area contributed by atoms with Gasteiger partial charge in [-0.15, -0.1) is 0 Å². The highest BCUT2D eigenvalue weighted by Crippen LogP contribution is 2.46. The third-order valence-electron chi connectivity index (χ3n) is 6.20. The van der Waals surface area contributed by atoms with Crippen LogP contribution in [0, 0.1) is 0 Å². The average molecular weight is 521 g/mol. The minimum Gasteiger partial charge on any atom is -0.456 e. The van der Waals surface area contributed by atoms with Crippen LogP contribution < -0.4 is 0 Å². The van der Waals surface area contributed by atoms with Crippen molar-refractivity contribution in [1.82, 2.24) is 0 Å². The molecule has 0 radical (unpaired) electrons. The van der Waals surface area contributed by atoms with Gasteiger partial charge in [0.2, 0.25) is 0 Å². The molecule has 7 aromatic carbocycles. The number of para-hydroxylation sites is 1. The summed E-state index contributed by atoms with van der Waals surface area (Å²) in [5.74, 6) is 0. The Kier molecular flexibility index (Phi) is 1.94. The summed E-state index contributed by atoms with van der Waals surface area (Å²) in [4.78, 5) is 0. The quantitative estimate of drug-likeness (QED) is 0.211. The third-order valence-corrected chi connectivity index (χ3v) is 6.20. The molecule has 0 atom stereocenters. The molecule has 0 aliphatic heterocycles. The monoisotopic (exact) mass is 520 g/mol. The highest BCUT2D eigenvalue weighted by molar-refractivity contribution is 6.23. The van der Waals surface area contributed by atoms with E-state index in [1.54, 1.807) is 0 Å². The number of fused-ring (bicyclic) bond motifs is 5. The molecular formula is C38H24O. The first-order valence-corrected chi connectivity index (χ1v) is 11.4. The van der Waals surface area contributed by atoms with Crippen molar-refractivity contribution in [3.05, 3.63) is 145 Å². The second kappa shape index (κ2) is 8.72. The molecule has 182 valence electrons. The van der Waals surface area contributed by atoms with Crippen molar-refractivity contribution in [3.63, 3.8) is 0 Å². The molecule has 0 aliphatic rings. The molecule has 0 aliphatic carbocycles. The van der Waals surface area contributed by atoms with Gasteiger partial charge in [0.15, 0.2) is 0 Å². The normalized spacial score (nSPS) is 20.2. The van der Waals surface area contributed by atoms with Gasteiger partial charge in [0.05, 0.1) is 32.9 Å². The zero-order valence-corrected chi connectivity index (χ0v) is 19.4. The van der Waals surface area contributed by atoms with Gasteiger partial charge < -0.3 is 4.42 Å². The van der Waals surface area contributed by atoms with Crippen LogP contribution in [0.4, 0.5) is 0 Å². The topological polar surface area (TPSA) is 13.1 Å². The molecule has 1 heterocycles. The summed E-state index contributed by atoms with van der Waals surface area (Å²) in [5, 5.41) is -3.73.